The number of imide groups is 1. The van der Waals surface area contributed by atoms with E-state index in [0.717, 1.165) is 17.7 Å². The molecule has 2 aliphatic rings. The molecule has 1 aliphatic carbocycles. The van der Waals surface area contributed by atoms with Crippen molar-refractivity contribution in [3.05, 3.63) is 29.5 Å². The third-order valence-electron chi connectivity index (χ3n) is 6.26. The van der Waals surface area contributed by atoms with Crippen LogP contribution in [0.4, 0.5) is 4.79 Å². The molecule has 31 heavy (non-hydrogen) atoms. The van der Waals surface area contributed by atoms with E-state index in [4.69, 9.17) is 9.15 Å². The maximum atomic E-state index is 13.0. The Morgan fingerprint density at radius 1 is 1.35 bits per heavy atom. The molecule has 9 heteroatoms. The number of ether oxygens (including phenoxy) is 1. The van der Waals surface area contributed by atoms with Gasteiger partial charge in [0.1, 0.15) is 18.7 Å². The molecule has 166 valence electrons. The van der Waals surface area contributed by atoms with Gasteiger partial charge in [0.25, 0.3) is 5.91 Å². The fourth-order valence-electron chi connectivity index (χ4n) is 4.35. The molecule has 1 aliphatic heterocycles. The van der Waals surface area contributed by atoms with Crippen molar-refractivity contribution in [3.63, 3.8) is 0 Å². The monoisotopic (exact) mass is 445 g/mol. The SMILES string of the molecule is CC(C)(C)C1CCC2(CC1)NC(=O)N(CC(=O)OCc1csc(-c3ccco3)n1)C2=O. The van der Waals surface area contributed by atoms with E-state index in [2.05, 4.69) is 31.1 Å². The molecular weight excluding hydrogens is 418 g/mol. The zero-order valence-corrected chi connectivity index (χ0v) is 18.8. The van der Waals surface area contributed by atoms with Gasteiger partial charge < -0.3 is 14.5 Å². The number of furan rings is 1. The summed E-state index contributed by atoms with van der Waals surface area (Å²) in [6.07, 6.45) is 4.50. The zero-order valence-electron chi connectivity index (χ0n) is 18.0. The van der Waals surface area contributed by atoms with E-state index < -0.39 is 24.1 Å². The second kappa shape index (κ2) is 8.11. The van der Waals surface area contributed by atoms with E-state index >= 15 is 0 Å². The number of hydrogen-bond acceptors (Lipinski definition) is 7. The Hall–Kier alpha value is -2.68. The van der Waals surface area contributed by atoms with Crippen LogP contribution in [-0.2, 0) is 20.9 Å². The van der Waals surface area contributed by atoms with Gasteiger partial charge in [0, 0.05) is 5.38 Å². The maximum Gasteiger partial charge on any atom is 0.326 e. The van der Waals surface area contributed by atoms with Gasteiger partial charge in [-0.1, -0.05) is 20.8 Å². The molecule has 1 N–H and O–H groups in total. The number of thiazole rings is 1. The van der Waals surface area contributed by atoms with Crippen LogP contribution in [0.5, 0.6) is 0 Å². The topological polar surface area (TPSA) is 102 Å². The summed E-state index contributed by atoms with van der Waals surface area (Å²) in [5.74, 6) is 0.187. The zero-order chi connectivity index (χ0) is 22.2. The van der Waals surface area contributed by atoms with Gasteiger partial charge in [-0.15, -0.1) is 11.3 Å². The predicted octanol–water partition coefficient (Wildman–Crippen LogP) is 3.97. The summed E-state index contributed by atoms with van der Waals surface area (Å²) in [5.41, 5.74) is -0.131. The normalized spacial score (nSPS) is 24.0. The molecule has 0 radical (unpaired) electrons. The second-order valence-corrected chi connectivity index (χ2v) is 10.2. The molecule has 0 aromatic carbocycles. The highest BCUT2D eigenvalue weighted by Gasteiger charge is 2.53. The van der Waals surface area contributed by atoms with Gasteiger partial charge in [0.2, 0.25) is 0 Å². The molecule has 0 bridgehead atoms. The van der Waals surface area contributed by atoms with Crippen LogP contribution in [0.15, 0.2) is 28.2 Å². The Labute approximate surface area is 185 Å². The van der Waals surface area contributed by atoms with E-state index in [1.807, 2.05) is 0 Å². The first kappa shape index (κ1) is 21.5. The minimum Gasteiger partial charge on any atom is -0.462 e. The lowest BCUT2D eigenvalue weighted by Crippen LogP contribution is -2.50. The molecule has 1 saturated carbocycles. The highest BCUT2D eigenvalue weighted by Crippen LogP contribution is 2.43. The Kier molecular flexibility index (Phi) is 5.63. The lowest BCUT2D eigenvalue weighted by atomic mass is 9.67. The molecule has 1 spiro atoms. The van der Waals surface area contributed by atoms with Crippen molar-refractivity contribution >= 4 is 29.2 Å². The summed E-state index contributed by atoms with van der Waals surface area (Å²) in [7, 11) is 0. The average molecular weight is 446 g/mol. The largest absolute Gasteiger partial charge is 0.462 e. The molecular formula is C22H27N3O5S. The Balaban J connectivity index is 1.31. The van der Waals surface area contributed by atoms with Crippen molar-refractivity contribution in [3.8, 4) is 10.8 Å². The highest BCUT2D eigenvalue weighted by molar-refractivity contribution is 7.13. The highest BCUT2D eigenvalue weighted by atomic mass is 32.1. The lowest BCUT2D eigenvalue weighted by molar-refractivity contribution is -0.149. The van der Waals surface area contributed by atoms with Crippen LogP contribution in [0.3, 0.4) is 0 Å². The van der Waals surface area contributed by atoms with Crippen LogP contribution in [-0.4, -0.2) is 39.9 Å². The van der Waals surface area contributed by atoms with Gasteiger partial charge in [0.15, 0.2) is 10.8 Å². The molecule has 2 fully saturated rings. The molecule has 8 nitrogen and oxygen atoms in total. The van der Waals surface area contributed by atoms with Gasteiger partial charge in [-0.05, 0) is 49.1 Å². The summed E-state index contributed by atoms with van der Waals surface area (Å²) in [4.78, 5) is 43.1. The number of nitrogens with zero attached hydrogens (tertiary/aromatic N) is 2. The molecule has 2 aromatic rings. The number of carbonyl (C=O) groups is 3. The number of rotatable bonds is 5. The summed E-state index contributed by atoms with van der Waals surface area (Å²) >= 11 is 1.38. The van der Waals surface area contributed by atoms with E-state index in [9.17, 15) is 14.4 Å². The van der Waals surface area contributed by atoms with Crippen LogP contribution in [0.25, 0.3) is 10.8 Å². The summed E-state index contributed by atoms with van der Waals surface area (Å²) in [6.45, 7) is 6.18. The van der Waals surface area contributed by atoms with Crippen LogP contribution in [0, 0.1) is 11.3 Å². The average Bonchev–Trinajstić information content (AvgIpc) is 3.44. The van der Waals surface area contributed by atoms with Crippen molar-refractivity contribution in [2.45, 2.75) is 58.6 Å². The van der Waals surface area contributed by atoms with Crippen LogP contribution >= 0.6 is 11.3 Å². The minimum absolute atomic E-state index is 0.0297. The van der Waals surface area contributed by atoms with Crippen molar-refractivity contribution in [1.29, 1.82) is 0 Å². The van der Waals surface area contributed by atoms with Crippen LogP contribution in [0.2, 0.25) is 0 Å². The molecule has 2 aromatic heterocycles. The fraction of sp³-hybridized carbons (Fsp3) is 0.545. The molecule has 4 rings (SSSR count). The minimum atomic E-state index is -0.883. The van der Waals surface area contributed by atoms with Crippen molar-refractivity contribution < 1.29 is 23.5 Å². The third kappa shape index (κ3) is 4.37. The Morgan fingerprint density at radius 3 is 2.74 bits per heavy atom. The van der Waals surface area contributed by atoms with E-state index in [1.165, 1.54) is 11.3 Å². The predicted molar refractivity (Wildman–Crippen MR) is 114 cm³/mol. The Bertz CT molecular complexity index is 968. The van der Waals surface area contributed by atoms with Gasteiger partial charge in [-0.2, -0.15) is 0 Å². The lowest BCUT2D eigenvalue weighted by Gasteiger charge is -2.40. The van der Waals surface area contributed by atoms with E-state index in [-0.39, 0.29) is 17.9 Å². The van der Waals surface area contributed by atoms with Crippen molar-refractivity contribution in [2.24, 2.45) is 11.3 Å². The molecule has 3 heterocycles. The number of urea groups is 1. The first-order valence-corrected chi connectivity index (χ1v) is 11.3. The van der Waals surface area contributed by atoms with Crippen LogP contribution < -0.4 is 5.32 Å². The first-order valence-electron chi connectivity index (χ1n) is 10.5. The third-order valence-corrected chi connectivity index (χ3v) is 7.17. The number of carbonyl (C=O) groups excluding carboxylic acids is 3. The van der Waals surface area contributed by atoms with Crippen molar-refractivity contribution in [2.75, 3.05) is 6.54 Å². The number of nitrogens with one attached hydrogen (secondary N) is 1. The number of aromatic nitrogens is 1. The number of hydrogen-bond donors (Lipinski definition) is 1. The number of esters is 1. The molecule has 0 unspecified atom stereocenters. The molecule has 0 atom stereocenters. The molecule has 3 amide bonds. The summed E-state index contributed by atoms with van der Waals surface area (Å²) in [5, 5.41) is 5.32. The summed E-state index contributed by atoms with van der Waals surface area (Å²) < 4.78 is 10.6. The quantitative estimate of drug-likeness (QED) is 0.552. The van der Waals surface area contributed by atoms with E-state index in [0.29, 0.717) is 35.2 Å². The summed E-state index contributed by atoms with van der Waals surface area (Å²) in [6, 6.07) is 3.05. The fourth-order valence-corrected chi connectivity index (χ4v) is 5.12. The second-order valence-electron chi connectivity index (χ2n) is 9.33. The van der Waals surface area contributed by atoms with Gasteiger partial charge in [-0.25, -0.2) is 9.78 Å². The number of amides is 3. The van der Waals surface area contributed by atoms with Crippen molar-refractivity contribution in [1.82, 2.24) is 15.2 Å². The Morgan fingerprint density at radius 2 is 2.10 bits per heavy atom. The van der Waals surface area contributed by atoms with Gasteiger partial charge in [0.05, 0.1) is 12.0 Å². The molecule has 1 saturated heterocycles. The first-order chi connectivity index (χ1) is 14.7. The van der Waals surface area contributed by atoms with E-state index in [1.54, 1.807) is 23.8 Å². The van der Waals surface area contributed by atoms with Crippen LogP contribution in [0.1, 0.15) is 52.1 Å². The smallest absolute Gasteiger partial charge is 0.326 e. The van der Waals surface area contributed by atoms with Gasteiger partial charge >= 0.3 is 12.0 Å². The maximum absolute atomic E-state index is 13.0. The standard InChI is InChI=1S/C22H27N3O5S/c1-21(2,3)14-6-8-22(9-7-14)19(27)25(20(28)24-22)11-17(26)30-12-15-13-31-18(23-15)16-5-4-10-29-16/h4-5,10,13-14H,6-9,11-12H2,1-3H3,(H,24,28). The van der Waals surface area contributed by atoms with Gasteiger partial charge in [-0.3, -0.25) is 14.5 Å².